The van der Waals surface area contributed by atoms with E-state index >= 15 is 0 Å². The zero-order chi connectivity index (χ0) is 37.9. The third kappa shape index (κ3) is 9.46. The largest absolute Gasteiger partial charge is 0.459 e. The summed E-state index contributed by atoms with van der Waals surface area (Å²) in [6.45, 7) is 20.7. The monoisotopic (exact) mass is 708 g/mol. The quantitative estimate of drug-likeness (QED) is 0.251. The van der Waals surface area contributed by atoms with Gasteiger partial charge in [-0.25, -0.2) is 4.99 Å². The third-order valence-corrected chi connectivity index (χ3v) is 10.5. The van der Waals surface area contributed by atoms with Crippen molar-refractivity contribution in [1.29, 1.82) is 0 Å². The van der Waals surface area contributed by atoms with E-state index in [9.17, 15) is 24.3 Å². The van der Waals surface area contributed by atoms with E-state index < -0.39 is 89.2 Å². The Hall–Kier alpha value is -2.55. The number of amides is 1. The van der Waals surface area contributed by atoms with Gasteiger partial charge >= 0.3 is 11.9 Å². The summed E-state index contributed by atoms with van der Waals surface area (Å²) in [5.74, 6) is -5.55. The van der Waals surface area contributed by atoms with Crippen LogP contribution in [-0.4, -0.2) is 121 Å². The number of fused-ring (bicyclic) bond motifs is 5. The number of nitrogens with zero attached hydrogens (tertiary/aromatic N) is 2. The molecule has 13 heteroatoms. The fraction of sp³-hybridized carbons (Fsp3) is 0.811. The molecule has 0 aromatic carbocycles. The average Bonchev–Trinajstić information content (AvgIpc) is 3.03. The van der Waals surface area contributed by atoms with Gasteiger partial charge in [0.15, 0.2) is 18.2 Å². The summed E-state index contributed by atoms with van der Waals surface area (Å²) in [7, 11) is 3.76. The van der Waals surface area contributed by atoms with Crippen LogP contribution in [0.25, 0.3) is 0 Å². The normalized spacial score (nSPS) is 41.9. The van der Waals surface area contributed by atoms with Gasteiger partial charge in [-0.3, -0.25) is 19.2 Å². The highest BCUT2D eigenvalue weighted by Gasteiger charge is 2.53. The SMILES string of the molecule is C=C1CO[C@H]2[C@@H](C)C(=NC(C)=O)[C@H](C)C[C@@](C)(OC1)[C@H](O[C@@H]1O[C@H](C)C[C@H](N(C)C)[C@H]1OC(C)=O)[C@@H](C)C(=O)[C@@H](C)C(=O)O[C@H](CC)[C@@]2(C)O. The lowest BCUT2D eigenvalue weighted by Gasteiger charge is -2.48. The number of aliphatic imine (C=N–C) groups is 1. The molecule has 1 amide bonds. The molecule has 1 N–H and O–H groups in total. The molecule has 0 aromatic heterocycles. The summed E-state index contributed by atoms with van der Waals surface area (Å²) in [5.41, 5.74) is -2.06. The maximum atomic E-state index is 14.3. The van der Waals surface area contributed by atoms with Gasteiger partial charge in [0.25, 0.3) is 0 Å². The minimum absolute atomic E-state index is 0.00420. The fourth-order valence-electron chi connectivity index (χ4n) is 7.90. The van der Waals surface area contributed by atoms with Gasteiger partial charge in [0.1, 0.15) is 17.6 Å². The average molecular weight is 709 g/mol. The molecular weight excluding hydrogens is 648 g/mol. The highest BCUT2D eigenvalue weighted by molar-refractivity contribution is 6.00. The first-order valence-corrected chi connectivity index (χ1v) is 17.8. The summed E-state index contributed by atoms with van der Waals surface area (Å²) < 4.78 is 38.0. The second-order valence-electron chi connectivity index (χ2n) is 15.2. The van der Waals surface area contributed by atoms with Crippen molar-refractivity contribution in [1.82, 2.24) is 4.90 Å². The number of ketones is 1. The van der Waals surface area contributed by atoms with E-state index in [1.54, 1.807) is 13.8 Å². The summed E-state index contributed by atoms with van der Waals surface area (Å²) in [6, 6.07) is -0.269. The second-order valence-corrected chi connectivity index (χ2v) is 15.2. The summed E-state index contributed by atoms with van der Waals surface area (Å²) >= 11 is 0. The van der Waals surface area contributed by atoms with E-state index in [4.69, 9.17) is 28.4 Å². The first kappa shape index (κ1) is 41.9. The molecule has 284 valence electrons. The number of hydrogen-bond donors (Lipinski definition) is 1. The first-order valence-electron chi connectivity index (χ1n) is 17.8. The number of carbonyl (C=O) groups excluding carboxylic acids is 4. The molecular formula is C37H60N2O11. The van der Waals surface area contributed by atoms with E-state index in [1.807, 2.05) is 46.7 Å². The lowest BCUT2D eigenvalue weighted by atomic mass is 9.73. The predicted molar refractivity (Wildman–Crippen MR) is 185 cm³/mol. The second kappa shape index (κ2) is 16.9. The molecule has 3 aliphatic heterocycles. The number of Topliss-reactive ketones (excluding diaryl/α,β-unsaturated/α-hetero) is 1. The minimum Gasteiger partial charge on any atom is -0.459 e. The van der Waals surface area contributed by atoms with Crippen molar-refractivity contribution in [2.75, 3.05) is 27.3 Å². The van der Waals surface area contributed by atoms with Crippen molar-refractivity contribution in [3.63, 3.8) is 0 Å². The molecule has 3 saturated heterocycles. The van der Waals surface area contributed by atoms with E-state index in [1.165, 1.54) is 27.7 Å². The van der Waals surface area contributed by atoms with Gasteiger partial charge in [-0.1, -0.05) is 34.3 Å². The molecule has 2 bridgehead atoms. The first-order chi connectivity index (χ1) is 23.1. The number of rotatable bonds is 5. The van der Waals surface area contributed by atoms with Crippen LogP contribution < -0.4 is 0 Å². The number of ether oxygens (including phenoxy) is 6. The summed E-state index contributed by atoms with van der Waals surface area (Å²) in [4.78, 5) is 59.4. The molecule has 0 aliphatic carbocycles. The van der Waals surface area contributed by atoms with Gasteiger partial charge in [-0.2, -0.15) is 0 Å². The standard InChI is InChI=1S/C37H60N2O11/c1-14-28-37(11,44)33-22(5)29(38-25(8)40)20(3)16-36(10,46-18-19(2)17-45-33)32(23(6)30(42)24(7)34(43)49-28)50-35-31(48-26(9)41)27(39(12)13)15-21(4)47-35/h20-24,27-28,31-33,35,44H,2,14-18H2,1,3-13H3/t20-,21-,22+,23+,24-,27+,28-,31-,32-,33+,35+,36-,37-/m1/s1. The van der Waals surface area contributed by atoms with E-state index in [0.717, 1.165) is 0 Å². The number of aliphatic hydroxyl groups is 1. The van der Waals surface area contributed by atoms with E-state index in [-0.39, 0.29) is 38.2 Å². The topological polar surface area (TPSA) is 159 Å². The van der Waals surface area contributed by atoms with Gasteiger partial charge < -0.3 is 38.4 Å². The maximum Gasteiger partial charge on any atom is 0.316 e. The zero-order valence-electron chi connectivity index (χ0n) is 32.0. The van der Waals surface area contributed by atoms with Crippen molar-refractivity contribution in [2.24, 2.45) is 28.7 Å². The molecule has 0 aromatic rings. The van der Waals surface area contributed by atoms with E-state index in [0.29, 0.717) is 17.7 Å². The van der Waals surface area contributed by atoms with Crippen molar-refractivity contribution < 1.29 is 52.7 Å². The fourth-order valence-corrected chi connectivity index (χ4v) is 7.90. The van der Waals surface area contributed by atoms with Crippen LogP contribution in [0, 0.1) is 23.7 Å². The van der Waals surface area contributed by atoms with Crippen LogP contribution in [0.1, 0.15) is 88.5 Å². The van der Waals surface area contributed by atoms with Crippen molar-refractivity contribution in [2.45, 2.75) is 143 Å². The minimum atomic E-state index is -1.76. The van der Waals surface area contributed by atoms with Crippen LogP contribution in [0.3, 0.4) is 0 Å². The van der Waals surface area contributed by atoms with Gasteiger partial charge in [0.2, 0.25) is 5.91 Å². The molecule has 3 heterocycles. The molecule has 0 radical (unpaired) electrons. The Morgan fingerprint density at radius 1 is 1.06 bits per heavy atom. The Morgan fingerprint density at radius 2 is 1.70 bits per heavy atom. The molecule has 3 aliphatic rings. The van der Waals surface area contributed by atoms with Crippen molar-refractivity contribution >= 4 is 29.3 Å². The molecule has 13 atom stereocenters. The third-order valence-electron chi connectivity index (χ3n) is 10.5. The molecule has 3 rings (SSSR count). The summed E-state index contributed by atoms with van der Waals surface area (Å²) in [6.07, 6.45) is -4.42. The van der Waals surface area contributed by atoms with Crippen LogP contribution in [0.15, 0.2) is 17.1 Å². The van der Waals surface area contributed by atoms with Crippen LogP contribution in [0.5, 0.6) is 0 Å². The highest BCUT2D eigenvalue weighted by atomic mass is 16.7. The van der Waals surface area contributed by atoms with Crippen LogP contribution >= 0.6 is 0 Å². The van der Waals surface area contributed by atoms with Gasteiger partial charge in [-0.15, -0.1) is 0 Å². The van der Waals surface area contributed by atoms with Crippen LogP contribution in [0.2, 0.25) is 0 Å². The number of carbonyl (C=O) groups is 4. The smallest absolute Gasteiger partial charge is 0.316 e. The Labute approximate surface area is 297 Å². The van der Waals surface area contributed by atoms with E-state index in [2.05, 4.69) is 11.6 Å². The Balaban J connectivity index is 2.32. The van der Waals surface area contributed by atoms with Gasteiger partial charge in [-0.05, 0) is 72.5 Å². The zero-order valence-corrected chi connectivity index (χ0v) is 32.0. The Morgan fingerprint density at radius 3 is 2.26 bits per heavy atom. The lowest BCUT2D eigenvalue weighted by Crippen LogP contribution is -2.60. The molecule has 3 fully saturated rings. The number of esters is 2. The van der Waals surface area contributed by atoms with Gasteiger partial charge in [0, 0.05) is 31.4 Å². The predicted octanol–water partition coefficient (Wildman–Crippen LogP) is 3.68. The van der Waals surface area contributed by atoms with Crippen LogP contribution in [-0.2, 0) is 47.6 Å². The molecule has 0 saturated carbocycles. The molecule has 0 unspecified atom stereocenters. The van der Waals surface area contributed by atoms with Crippen LogP contribution in [0.4, 0.5) is 0 Å². The van der Waals surface area contributed by atoms with Gasteiger partial charge in [0.05, 0.1) is 43.2 Å². The number of cyclic esters (lactones) is 1. The summed E-state index contributed by atoms with van der Waals surface area (Å²) in [5, 5.41) is 12.1. The highest BCUT2D eigenvalue weighted by Crippen LogP contribution is 2.40. The lowest BCUT2D eigenvalue weighted by molar-refractivity contribution is -0.299. The van der Waals surface area contributed by atoms with Crippen molar-refractivity contribution in [3.05, 3.63) is 12.2 Å². The number of hydrogen-bond acceptors (Lipinski definition) is 12. The Kier molecular flexibility index (Phi) is 14.1. The number of likely N-dealkylation sites (N-methyl/N-ethyl adjacent to an activating group) is 1. The molecule has 50 heavy (non-hydrogen) atoms. The maximum absolute atomic E-state index is 14.3. The van der Waals surface area contributed by atoms with Crippen molar-refractivity contribution in [3.8, 4) is 0 Å². The molecule has 0 spiro atoms. The molecule has 13 nitrogen and oxygen atoms in total. The Bertz CT molecular complexity index is 1300.